The molecule has 0 radical (unpaired) electrons. The van der Waals surface area contributed by atoms with Crippen molar-refractivity contribution in [3.05, 3.63) is 53.1 Å². The van der Waals surface area contributed by atoms with Crippen molar-refractivity contribution in [1.29, 1.82) is 0 Å². The van der Waals surface area contributed by atoms with Crippen LogP contribution in [0.4, 0.5) is 5.69 Å². The molecule has 22 heavy (non-hydrogen) atoms. The van der Waals surface area contributed by atoms with Gasteiger partial charge in [0.1, 0.15) is 5.82 Å². The van der Waals surface area contributed by atoms with E-state index in [1.807, 2.05) is 19.3 Å². The predicted octanol–water partition coefficient (Wildman–Crippen LogP) is 3.34. The molecular formula is C18H21N3O. The van der Waals surface area contributed by atoms with E-state index >= 15 is 0 Å². The van der Waals surface area contributed by atoms with Crippen molar-refractivity contribution in [2.24, 2.45) is 0 Å². The summed E-state index contributed by atoms with van der Waals surface area (Å²) in [5, 5.41) is 3.53. The van der Waals surface area contributed by atoms with Crippen LogP contribution in [0.25, 0.3) is 0 Å². The van der Waals surface area contributed by atoms with Crippen LogP contribution >= 0.6 is 0 Å². The van der Waals surface area contributed by atoms with Crippen molar-refractivity contribution < 1.29 is 4.74 Å². The van der Waals surface area contributed by atoms with Crippen molar-refractivity contribution in [3.63, 3.8) is 0 Å². The Balaban J connectivity index is 1.62. The Hall–Kier alpha value is -1.94. The maximum atomic E-state index is 5.78. The van der Waals surface area contributed by atoms with Gasteiger partial charge in [-0.05, 0) is 24.1 Å². The number of ether oxygens (including phenoxy) is 1. The fourth-order valence-corrected chi connectivity index (χ4v) is 3.38. The van der Waals surface area contributed by atoms with Crippen LogP contribution in [0.3, 0.4) is 0 Å². The summed E-state index contributed by atoms with van der Waals surface area (Å²) in [6.45, 7) is 8.23. The van der Waals surface area contributed by atoms with E-state index in [0.29, 0.717) is 5.92 Å². The van der Waals surface area contributed by atoms with Crippen molar-refractivity contribution in [2.75, 3.05) is 18.5 Å². The molecule has 1 saturated heterocycles. The van der Waals surface area contributed by atoms with Gasteiger partial charge in [0.05, 0.1) is 12.7 Å². The van der Waals surface area contributed by atoms with E-state index in [1.165, 1.54) is 16.8 Å². The van der Waals surface area contributed by atoms with Gasteiger partial charge in [-0.2, -0.15) is 0 Å². The molecule has 4 rings (SSSR count). The van der Waals surface area contributed by atoms with E-state index in [9.17, 15) is 0 Å². The molecule has 3 heterocycles. The number of aryl methyl sites for hydroxylation is 1. The first-order valence-electron chi connectivity index (χ1n) is 7.83. The quantitative estimate of drug-likeness (QED) is 0.923. The van der Waals surface area contributed by atoms with E-state index in [0.717, 1.165) is 24.5 Å². The fourth-order valence-electron chi connectivity index (χ4n) is 3.38. The lowest BCUT2D eigenvalue weighted by Crippen LogP contribution is -2.30. The third-order valence-corrected chi connectivity index (χ3v) is 4.87. The Morgan fingerprint density at radius 2 is 1.95 bits per heavy atom. The molecule has 0 spiro atoms. The summed E-state index contributed by atoms with van der Waals surface area (Å²) < 4.78 is 5.78. The highest BCUT2D eigenvalue weighted by molar-refractivity contribution is 5.61. The van der Waals surface area contributed by atoms with E-state index < -0.39 is 0 Å². The molecule has 1 aromatic heterocycles. The minimum Gasteiger partial charge on any atom is -0.384 e. The Bertz CT molecular complexity index is 709. The third kappa shape index (κ3) is 2.10. The number of hydrogen-bond donors (Lipinski definition) is 1. The second-order valence-electron chi connectivity index (χ2n) is 6.97. The number of nitrogens with zero attached hydrogens (tertiary/aromatic N) is 2. The van der Waals surface area contributed by atoms with Gasteiger partial charge in [0.15, 0.2) is 0 Å². The summed E-state index contributed by atoms with van der Waals surface area (Å²) in [5.41, 5.74) is 5.30. The molecule has 114 valence electrons. The van der Waals surface area contributed by atoms with Crippen molar-refractivity contribution >= 4 is 5.69 Å². The zero-order chi connectivity index (χ0) is 15.3. The van der Waals surface area contributed by atoms with Crippen molar-refractivity contribution in [3.8, 4) is 0 Å². The highest BCUT2D eigenvalue weighted by Crippen LogP contribution is 2.45. The van der Waals surface area contributed by atoms with Crippen LogP contribution in [-0.4, -0.2) is 23.1 Å². The molecule has 0 bridgehead atoms. The Morgan fingerprint density at radius 3 is 2.64 bits per heavy atom. The molecule has 1 fully saturated rings. The largest absolute Gasteiger partial charge is 0.384 e. The minimum atomic E-state index is 0.0769. The maximum absolute atomic E-state index is 5.78. The average molecular weight is 295 g/mol. The average Bonchev–Trinajstić information content (AvgIpc) is 2.76. The summed E-state index contributed by atoms with van der Waals surface area (Å²) >= 11 is 0. The molecule has 2 unspecified atom stereocenters. The van der Waals surface area contributed by atoms with Crippen LogP contribution in [0.2, 0.25) is 0 Å². The molecule has 1 N–H and O–H groups in total. The minimum absolute atomic E-state index is 0.0769. The van der Waals surface area contributed by atoms with Gasteiger partial charge in [0.25, 0.3) is 0 Å². The smallest absolute Gasteiger partial charge is 0.125 e. The molecule has 0 amide bonds. The SMILES string of the molecule is Cc1ncc(C2OCC2c2ccc3c(c2)NCC3(C)C)cn1. The number of benzene rings is 1. The predicted molar refractivity (Wildman–Crippen MR) is 86.2 cm³/mol. The molecule has 2 aromatic rings. The van der Waals surface area contributed by atoms with Gasteiger partial charge in [-0.25, -0.2) is 9.97 Å². The summed E-state index contributed by atoms with van der Waals surface area (Å²) in [6, 6.07) is 6.81. The van der Waals surface area contributed by atoms with Gasteiger partial charge in [-0.15, -0.1) is 0 Å². The summed E-state index contributed by atoms with van der Waals surface area (Å²) in [7, 11) is 0. The zero-order valence-corrected chi connectivity index (χ0v) is 13.3. The monoisotopic (exact) mass is 295 g/mol. The summed E-state index contributed by atoms with van der Waals surface area (Å²) in [6.07, 6.45) is 3.84. The topological polar surface area (TPSA) is 47.0 Å². The van der Waals surface area contributed by atoms with Gasteiger partial charge in [-0.1, -0.05) is 26.0 Å². The van der Waals surface area contributed by atoms with Gasteiger partial charge in [0.2, 0.25) is 0 Å². The van der Waals surface area contributed by atoms with Crippen LogP contribution in [0.5, 0.6) is 0 Å². The number of anilines is 1. The van der Waals surface area contributed by atoms with Crippen LogP contribution in [0.15, 0.2) is 30.6 Å². The molecule has 2 aliphatic heterocycles. The lowest BCUT2D eigenvalue weighted by atomic mass is 9.83. The lowest BCUT2D eigenvalue weighted by Gasteiger charge is -2.37. The standard InChI is InChI=1S/C18H21N3O/c1-11-19-7-13(8-20-11)17-14(9-22-17)12-4-5-15-16(6-12)21-10-18(15,2)3/h4-8,14,17,21H,9-10H2,1-3H3. The molecular weight excluding hydrogens is 274 g/mol. The maximum Gasteiger partial charge on any atom is 0.125 e. The van der Waals surface area contributed by atoms with Crippen LogP contribution < -0.4 is 5.32 Å². The van der Waals surface area contributed by atoms with Gasteiger partial charge in [-0.3, -0.25) is 0 Å². The van der Waals surface area contributed by atoms with Gasteiger partial charge in [0, 0.05) is 41.5 Å². The summed E-state index contributed by atoms with van der Waals surface area (Å²) in [5.74, 6) is 1.19. The lowest BCUT2D eigenvalue weighted by molar-refractivity contribution is -0.0799. The molecule has 4 nitrogen and oxygen atoms in total. The first-order valence-corrected chi connectivity index (χ1v) is 7.83. The molecule has 2 atom stereocenters. The molecule has 0 saturated carbocycles. The molecule has 2 aliphatic rings. The Kier molecular flexibility index (Phi) is 2.98. The fraction of sp³-hybridized carbons (Fsp3) is 0.444. The Morgan fingerprint density at radius 1 is 1.18 bits per heavy atom. The van der Waals surface area contributed by atoms with Crippen LogP contribution in [-0.2, 0) is 10.2 Å². The number of fused-ring (bicyclic) bond motifs is 1. The highest BCUT2D eigenvalue weighted by atomic mass is 16.5. The van der Waals surface area contributed by atoms with E-state index in [2.05, 4.69) is 47.3 Å². The Labute approximate surface area is 130 Å². The van der Waals surface area contributed by atoms with E-state index in [4.69, 9.17) is 4.74 Å². The highest BCUT2D eigenvalue weighted by Gasteiger charge is 2.37. The molecule has 4 heteroatoms. The molecule has 1 aromatic carbocycles. The van der Waals surface area contributed by atoms with Crippen LogP contribution in [0.1, 0.15) is 48.4 Å². The second kappa shape index (κ2) is 4.78. The number of rotatable bonds is 2. The first kappa shape index (κ1) is 13.7. The van der Waals surface area contributed by atoms with Crippen molar-refractivity contribution in [2.45, 2.75) is 38.2 Å². The number of nitrogens with one attached hydrogen (secondary N) is 1. The normalized spacial score (nSPS) is 25.2. The van der Waals surface area contributed by atoms with Crippen LogP contribution in [0, 0.1) is 6.92 Å². The third-order valence-electron chi connectivity index (χ3n) is 4.87. The summed E-state index contributed by atoms with van der Waals surface area (Å²) in [4.78, 5) is 8.57. The zero-order valence-electron chi connectivity index (χ0n) is 13.3. The van der Waals surface area contributed by atoms with Gasteiger partial charge >= 0.3 is 0 Å². The number of hydrogen-bond acceptors (Lipinski definition) is 4. The van der Waals surface area contributed by atoms with E-state index in [1.54, 1.807) is 0 Å². The van der Waals surface area contributed by atoms with Crippen molar-refractivity contribution in [1.82, 2.24) is 9.97 Å². The van der Waals surface area contributed by atoms with E-state index in [-0.39, 0.29) is 11.5 Å². The first-order chi connectivity index (χ1) is 10.5. The number of aromatic nitrogens is 2. The van der Waals surface area contributed by atoms with Gasteiger partial charge < -0.3 is 10.1 Å². The second-order valence-corrected chi connectivity index (χ2v) is 6.97. The molecule has 0 aliphatic carbocycles.